The van der Waals surface area contributed by atoms with Crippen molar-refractivity contribution in [2.75, 3.05) is 5.32 Å². The average Bonchev–Trinajstić information content (AvgIpc) is 2.89. The molecule has 3 aromatic rings. The van der Waals surface area contributed by atoms with E-state index in [1.54, 1.807) is 12.3 Å². The van der Waals surface area contributed by atoms with Crippen molar-refractivity contribution in [1.29, 1.82) is 0 Å². The van der Waals surface area contributed by atoms with E-state index in [2.05, 4.69) is 20.3 Å². The van der Waals surface area contributed by atoms with Crippen molar-refractivity contribution in [2.45, 2.75) is 0 Å². The van der Waals surface area contributed by atoms with Crippen LogP contribution >= 0.6 is 11.6 Å². The van der Waals surface area contributed by atoms with Crippen LogP contribution in [0, 0.1) is 0 Å². The lowest BCUT2D eigenvalue weighted by molar-refractivity contribution is 0.102. The van der Waals surface area contributed by atoms with Crippen LogP contribution in [0.15, 0.2) is 42.9 Å². The third kappa shape index (κ3) is 2.28. The Kier molecular flexibility index (Phi) is 2.89. The molecule has 2 heterocycles. The molecule has 3 rings (SSSR count). The lowest BCUT2D eigenvalue weighted by atomic mass is 10.1. The molecule has 0 aliphatic heterocycles. The number of rotatable bonds is 2. The molecule has 0 aliphatic rings. The van der Waals surface area contributed by atoms with Crippen molar-refractivity contribution in [1.82, 2.24) is 15.0 Å². The van der Waals surface area contributed by atoms with Gasteiger partial charge in [0.15, 0.2) is 5.82 Å². The summed E-state index contributed by atoms with van der Waals surface area (Å²) in [6.45, 7) is 0. The standard InChI is InChI=1S/C13H9ClN4O/c14-10-6-17-11(7-16-10)18-13(19)9-3-1-2-8-4-5-15-12(8)9/h1-7,15H,(H,17,18,19). The Hall–Kier alpha value is -2.40. The van der Waals surface area contributed by atoms with E-state index < -0.39 is 0 Å². The number of aromatic nitrogens is 3. The maximum Gasteiger partial charge on any atom is 0.258 e. The fourth-order valence-electron chi connectivity index (χ4n) is 1.83. The van der Waals surface area contributed by atoms with Gasteiger partial charge in [0.2, 0.25) is 0 Å². The number of aromatic amines is 1. The number of amides is 1. The summed E-state index contributed by atoms with van der Waals surface area (Å²) in [6.07, 6.45) is 4.59. The van der Waals surface area contributed by atoms with Crippen LogP contribution in [0.5, 0.6) is 0 Å². The van der Waals surface area contributed by atoms with Gasteiger partial charge >= 0.3 is 0 Å². The van der Waals surface area contributed by atoms with Crippen molar-refractivity contribution < 1.29 is 4.79 Å². The molecule has 0 spiro atoms. The van der Waals surface area contributed by atoms with Crippen LogP contribution in [-0.4, -0.2) is 20.9 Å². The molecule has 0 saturated carbocycles. The van der Waals surface area contributed by atoms with Gasteiger partial charge in [-0.3, -0.25) is 4.79 Å². The van der Waals surface area contributed by atoms with Gasteiger partial charge in [0, 0.05) is 11.6 Å². The Morgan fingerprint density at radius 3 is 2.89 bits per heavy atom. The van der Waals surface area contributed by atoms with Crippen LogP contribution in [0.3, 0.4) is 0 Å². The molecule has 0 saturated heterocycles. The number of para-hydroxylation sites is 1. The SMILES string of the molecule is O=C(Nc1cnc(Cl)cn1)c1cccc2cc[nH]c12. The zero-order valence-corrected chi connectivity index (χ0v) is 10.5. The molecule has 0 aliphatic carbocycles. The molecule has 6 heteroatoms. The molecule has 2 aromatic heterocycles. The largest absolute Gasteiger partial charge is 0.361 e. The molecule has 94 valence electrons. The number of hydrogen-bond acceptors (Lipinski definition) is 3. The van der Waals surface area contributed by atoms with E-state index in [9.17, 15) is 4.79 Å². The summed E-state index contributed by atoms with van der Waals surface area (Å²) in [7, 11) is 0. The van der Waals surface area contributed by atoms with Crippen LogP contribution < -0.4 is 5.32 Å². The highest BCUT2D eigenvalue weighted by atomic mass is 35.5. The lowest BCUT2D eigenvalue weighted by Gasteiger charge is -2.05. The summed E-state index contributed by atoms with van der Waals surface area (Å²) in [5, 5.41) is 3.94. The van der Waals surface area contributed by atoms with Gasteiger partial charge in [-0.15, -0.1) is 0 Å². The number of halogens is 1. The normalized spacial score (nSPS) is 10.6. The van der Waals surface area contributed by atoms with Crippen LogP contribution in [0.4, 0.5) is 5.82 Å². The maximum atomic E-state index is 12.2. The topological polar surface area (TPSA) is 70.7 Å². The third-order valence-electron chi connectivity index (χ3n) is 2.69. The fourth-order valence-corrected chi connectivity index (χ4v) is 1.93. The molecule has 0 fully saturated rings. The molecule has 2 N–H and O–H groups in total. The number of fused-ring (bicyclic) bond motifs is 1. The second-order valence-electron chi connectivity index (χ2n) is 3.93. The zero-order valence-electron chi connectivity index (χ0n) is 9.72. The molecule has 0 radical (unpaired) electrons. The first-order valence-corrected chi connectivity index (χ1v) is 5.97. The van der Waals surface area contributed by atoms with Gasteiger partial charge in [0.05, 0.1) is 23.5 Å². The molecule has 1 amide bonds. The molecule has 0 atom stereocenters. The molecule has 5 nitrogen and oxygen atoms in total. The second-order valence-corrected chi connectivity index (χ2v) is 4.31. The van der Waals surface area contributed by atoms with Crippen LogP contribution in [0.1, 0.15) is 10.4 Å². The fraction of sp³-hybridized carbons (Fsp3) is 0. The molecule has 19 heavy (non-hydrogen) atoms. The second kappa shape index (κ2) is 4.70. The predicted molar refractivity (Wildman–Crippen MR) is 73.3 cm³/mol. The van der Waals surface area contributed by atoms with Crippen LogP contribution in [-0.2, 0) is 0 Å². The first-order chi connectivity index (χ1) is 9.24. The van der Waals surface area contributed by atoms with Gasteiger partial charge in [0.1, 0.15) is 5.15 Å². The summed E-state index contributed by atoms with van der Waals surface area (Å²) in [4.78, 5) is 23.1. The number of carbonyl (C=O) groups is 1. The minimum absolute atomic E-state index is 0.246. The van der Waals surface area contributed by atoms with Gasteiger partial charge in [0.25, 0.3) is 5.91 Å². The molecular formula is C13H9ClN4O. The quantitative estimate of drug-likeness (QED) is 0.753. The zero-order chi connectivity index (χ0) is 13.2. The van der Waals surface area contributed by atoms with Gasteiger partial charge in [-0.1, -0.05) is 23.7 Å². The summed E-state index contributed by atoms with van der Waals surface area (Å²) in [5.41, 5.74) is 1.35. The number of benzene rings is 1. The number of nitrogens with zero attached hydrogens (tertiary/aromatic N) is 2. The number of hydrogen-bond donors (Lipinski definition) is 2. The highest BCUT2D eigenvalue weighted by Crippen LogP contribution is 2.18. The number of carbonyl (C=O) groups excluding carboxylic acids is 1. The highest BCUT2D eigenvalue weighted by Gasteiger charge is 2.11. The first-order valence-electron chi connectivity index (χ1n) is 5.59. The first kappa shape index (κ1) is 11.7. The predicted octanol–water partition coefficient (Wildman–Crippen LogP) is 2.86. The van der Waals surface area contributed by atoms with Crippen LogP contribution in [0.2, 0.25) is 5.15 Å². The lowest BCUT2D eigenvalue weighted by Crippen LogP contribution is -2.13. The Morgan fingerprint density at radius 2 is 2.11 bits per heavy atom. The van der Waals surface area contributed by atoms with E-state index in [0.29, 0.717) is 11.4 Å². The summed E-state index contributed by atoms with van der Waals surface area (Å²) < 4.78 is 0. The van der Waals surface area contributed by atoms with Crippen molar-refractivity contribution in [2.24, 2.45) is 0 Å². The van der Waals surface area contributed by atoms with Gasteiger partial charge in [-0.2, -0.15) is 0 Å². The van der Waals surface area contributed by atoms with Crippen LogP contribution in [0.25, 0.3) is 10.9 Å². The monoisotopic (exact) mass is 272 g/mol. The minimum atomic E-state index is -0.246. The highest BCUT2D eigenvalue weighted by molar-refractivity contribution is 6.29. The number of nitrogens with one attached hydrogen (secondary N) is 2. The van der Waals surface area contributed by atoms with Crippen molar-refractivity contribution in [3.8, 4) is 0 Å². The van der Waals surface area contributed by atoms with E-state index in [0.717, 1.165) is 10.9 Å². The molecule has 1 aromatic carbocycles. The number of H-pyrrole nitrogens is 1. The van der Waals surface area contributed by atoms with E-state index >= 15 is 0 Å². The molecule has 0 bridgehead atoms. The van der Waals surface area contributed by atoms with Gasteiger partial charge in [-0.05, 0) is 12.1 Å². The summed E-state index contributed by atoms with van der Waals surface area (Å²) >= 11 is 5.64. The third-order valence-corrected chi connectivity index (χ3v) is 2.89. The van der Waals surface area contributed by atoms with Crippen molar-refractivity contribution >= 4 is 34.2 Å². The Bertz CT molecular complexity index is 736. The maximum absolute atomic E-state index is 12.2. The summed E-state index contributed by atoms with van der Waals surface area (Å²) in [5.74, 6) is 0.114. The molecule has 0 unspecified atom stereocenters. The van der Waals surface area contributed by atoms with Gasteiger partial charge < -0.3 is 10.3 Å². The van der Waals surface area contributed by atoms with E-state index in [1.807, 2.05) is 18.2 Å². The smallest absolute Gasteiger partial charge is 0.258 e. The van der Waals surface area contributed by atoms with Crippen molar-refractivity contribution in [3.63, 3.8) is 0 Å². The van der Waals surface area contributed by atoms with Crippen molar-refractivity contribution in [3.05, 3.63) is 53.6 Å². The summed E-state index contributed by atoms with van der Waals surface area (Å²) in [6, 6.07) is 7.43. The minimum Gasteiger partial charge on any atom is -0.361 e. The Labute approximate surface area is 113 Å². The van der Waals surface area contributed by atoms with E-state index in [-0.39, 0.29) is 11.1 Å². The average molecular weight is 273 g/mol. The Morgan fingerprint density at radius 1 is 1.21 bits per heavy atom. The Balaban J connectivity index is 1.92. The number of anilines is 1. The van der Waals surface area contributed by atoms with E-state index in [1.165, 1.54) is 12.4 Å². The molecular weight excluding hydrogens is 264 g/mol. The van der Waals surface area contributed by atoms with E-state index in [4.69, 9.17) is 11.6 Å². The van der Waals surface area contributed by atoms with Gasteiger partial charge in [-0.25, -0.2) is 9.97 Å².